The summed E-state index contributed by atoms with van der Waals surface area (Å²) in [6, 6.07) is 26.2. The average Bonchev–Trinajstić information content (AvgIpc) is 3.14. The van der Waals surface area contributed by atoms with E-state index < -0.39 is 0 Å². The van der Waals surface area contributed by atoms with Crippen molar-refractivity contribution >= 4 is 60.2 Å². The zero-order chi connectivity index (χ0) is 22.9. The van der Waals surface area contributed by atoms with Crippen LogP contribution in [0, 0.1) is 6.92 Å². The van der Waals surface area contributed by atoms with Gasteiger partial charge < -0.3 is 9.47 Å². The lowest BCUT2D eigenvalue weighted by Gasteiger charge is -2.33. The van der Waals surface area contributed by atoms with Gasteiger partial charge in [-0.1, -0.05) is 74.9 Å². The molecule has 1 aliphatic carbocycles. The largest absolute Gasteiger partial charge is 0.334 e. The number of anilines is 2. The van der Waals surface area contributed by atoms with Crippen LogP contribution in [0.25, 0.3) is 22.7 Å². The summed E-state index contributed by atoms with van der Waals surface area (Å²) in [5, 5.41) is 1.26. The number of halogens is 2. The molecule has 4 aromatic rings. The molecule has 0 bridgehead atoms. The van der Waals surface area contributed by atoms with Gasteiger partial charge in [0, 0.05) is 37.1 Å². The van der Waals surface area contributed by atoms with Crippen molar-refractivity contribution in [2.45, 2.75) is 19.4 Å². The van der Waals surface area contributed by atoms with Gasteiger partial charge in [0.2, 0.25) is 0 Å². The number of fused-ring (bicyclic) bond motifs is 1. The van der Waals surface area contributed by atoms with E-state index in [0.717, 1.165) is 32.4 Å². The zero-order valence-corrected chi connectivity index (χ0v) is 21.6. The van der Waals surface area contributed by atoms with Crippen LogP contribution in [0.3, 0.4) is 0 Å². The molecule has 0 amide bonds. The molecule has 1 unspecified atom stereocenters. The Kier molecular flexibility index (Phi) is 6.13. The first-order valence-corrected chi connectivity index (χ1v) is 12.6. The number of nitrogens with zero attached hydrogens (tertiary/aromatic N) is 2. The predicted octanol–water partition coefficient (Wildman–Crippen LogP) is 9.09. The second-order valence-electron chi connectivity index (χ2n) is 8.18. The van der Waals surface area contributed by atoms with E-state index in [-0.39, 0.29) is 6.04 Å². The molecule has 1 heterocycles. The SMILES string of the molecule is C=Cc1c(C)c2ccccc2n1-c1ccc(N(c2ccc(Br)cc2)C2C=CC(Br)=CC2)cc1. The Morgan fingerprint density at radius 3 is 2.24 bits per heavy atom. The molecule has 0 spiro atoms. The molecule has 1 aromatic heterocycles. The summed E-state index contributed by atoms with van der Waals surface area (Å²) in [6.07, 6.45) is 9.53. The first-order valence-electron chi connectivity index (χ1n) is 11.0. The normalized spacial score (nSPS) is 15.5. The standard InChI is InChI=1S/C29H24Br2N2/c1-3-28-20(2)27-6-4-5-7-29(27)33(28)26-18-16-25(17-19-26)32(23-12-8-21(30)9-13-23)24-14-10-22(31)11-15-24/h3-14,16-19,24H,1,15H2,2H3. The Labute approximate surface area is 211 Å². The van der Waals surface area contributed by atoms with Crippen LogP contribution < -0.4 is 4.90 Å². The van der Waals surface area contributed by atoms with E-state index in [1.165, 1.54) is 22.2 Å². The third-order valence-corrected chi connectivity index (χ3v) is 7.34. The molecule has 0 fully saturated rings. The quantitative estimate of drug-likeness (QED) is 0.237. The fourth-order valence-electron chi connectivity index (χ4n) is 4.61. The van der Waals surface area contributed by atoms with Crippen LogP contribution in [-0.2, 0) is 0 Å². The van der Waals surface area contributed by atoms with Crippen molar-refractivity contribution in [1.82, 2.24) is 4.57 Å². The number of aromatic nitrogens is 1. The summed E-state index contributed by atoms with van der Waals surface area (Å²) >= 11 is 7.16. The van der Waals surface area contributed by atoms with Crippen LogP contribution in [0.1, 0.15) is 17.7 Å². The summed E-state index contributed by atoms with van der Waals surface area (Å²) in [6.45, 7) is 6.25. The van der Waals surface area contributed by atoms with Gasteiger partial charge in [0.15, 0.2) is 0 Å². The highest BCUT2D eigenvalue weighted by molar-refractivity contribution is 9.12. The number of hydrogen-bond acceptors (Lipinski definition) is 1. The molecule has 0 saturated heterocycles. The number of para-hydroxylation sites is 1. The summed E-state index contributed by atoms with van der Waals surface area (Å²) in [5.41, 5.74) is 7.06. The lowest BCUT2D eigenvalue weighted by Crippen LogP contribution is -2.30. The molecular weight excluding hydrogens is 536 g/mol. The maximum atomic E-state index is 4.08. The summed E-state index contributed by atoms with van der Waals surface area (Å²) < 4.78 is 4.51. The van der Waals surface area contributed by atoms with Crippen LogP contribution in [-0.4, -0.2) is 10.6 Å². The number of aryl methyl sites for hydroxylation is 1. The topological polar surface area (TPSA) is 8.17 Å². The van der Waals surface area contributed by atoms with Crippen molar-refractivity contribution < 1.29 is 0 Å². The molecule has 2 nitrogen and oxygen atoms in total. The van der Waals surface area contributed by atoms with Gasteiger partial charge in [-0.05, 0) is 79.6 Å². The van der Waals surface area contributed by atoms with E-state index in [1.54, 1.807) is 0 Å². The van der Waals surface area contributed by atoms with Crippen molar-refractivity contribution in [3.8, 4) is 5.69 Å². The molecular formula is C29H24Br2N2. The van der Waals surface area contributed by atoms with Crippen LogP contribution in [0.5, 0.6) is 0 Å². The van der Waals surface area contributed by atoms with E-state index in [0.29, 0.717) is 0 Å². The van der Waals surface area contributed by atoms with Crippen molar-refractivity contribution in [3.63, 3.8) is 0 Å². The second-order valence-corrected chi connectivity index (χ2v) is 10.0. The van der Waals surface area contributed by atoms with Crippen molar-refractivity contribution in [1.29, 1.82) is 0 Å². The van der Waals surface area contributed by atoms with Crippen molar-refractivity contribution in [3.05, 3.63) is 118 Å². The molecule has 0 aliphatic heterocycles. The molecule has 1 aliphatic rings. The Bertz CT molecular complexity index is 1380. The third-order valence-electron chi connectivity index (χ3n) is 6.22. The lowest BCUT2D eigenvalue weighted by molar-refractivity contribution is 0.784. The number of hydrogen-bond donors (Lipinski definition) is 0. The third kappa shape index (κ3) is 4.14. The molecule has 0 N–H and O–H groups in total. The number of allylic oxidation sites excluding steroid dienone is 2. The first-order chi connectivity index (χ1) is 16.1. The van der Waals surface area contributed by atoms with E-state index in [4.69, 9.17) is 0 Å². The summed E-state index contributed by atoms with van der Waals surface area (Å²) in [4.78, 5) is 2.40. The van der Waals surface area contributed by atoms with E-state index in [9.17, 15) is 0 Å². The van der Waals surface area contributed by atoms with Crippen LogP contribution in [0.2, 0.25) is 0 Å². The van der Waals surface area contributed by atoms with Crippen LogP contribution in [0.15, 0.2) is 107 Å². The Morgan fingerprint density at radius 1 is 0.939 bits per heavy atom. The van der Waals surface area contributed by atoms with Crippen LogP contribution >= 0.6 is 31.9 Å². The van der Waals surface area contributed by atoms with Crippen LogP contribution in [0.4, 0.5) is 11.4 Å². The minimum Gasteiger partial charge on any atom is -0.334 e. The zero-order valence-electron chi connectivity index (χ0n) is 18.4. The fraction of sp³-hybridized carbons (Fsp3) is 0.103. The van der Waals surface area contributed by atoms with Gasteiger partial charge >= 0.3 is 0 Å². The maximum absolute atomic E-state index is 4.08. The van der Waals surface area contributed by atoms with Crippen molar-refractivity contribution in [2.24, 2.45) is 0 Å². The number of rotatable bonds is 5. The van der Waals surface area contributed by atoms with Gasteiger partial charge in [-0.15, -0.1) is 0 Å². The fourth-order valence-corrected chi connectivity index (χ4v) is 5.22. The smallest absolute Gasteiger partial charge is 0.0560 e. The minimum atomic E-state index is 0.247. The second kappa shape index (κ2) is 9.20. The molecule has 164 valence electrons. The molecule has 3 aromatic carbocycles. The molecule has 33 heavy (non-hydrogen) atoms. The van der Waals surface area contributed by atoms with Gasteiger partial charge in [0.1, 0.15) is 0 Å². The van der Waals surface area contributed by atoms with Crippen molar-refractivity contribution in [2.75, 3.05) is 4.90 Å². The van der Waals surface area contributed by atoms with E-state index in [1.807, 2.05) is 6.08 Å². The number of benzene rings is 3. The van der Waals surface area contributed by atoms with Gasteiger partial charge in [-0.25, -0.2) is 0 Å². The molecule has 0 saturated carbocycles. The molecule has 1 atom stereocenters. The maximum Gasteiger partial charge on any atom is 0.0560 e. The Hall–Kier alpha value is -2.82. The molecule has 5 rings (SSSR count). The summed E-state index contributed by atoms with van der Waals surface area (Å²) in [7, 11) is 0. The van der Waals surface area contributed by atoms with Gasteiger partial charge in [-0.3, -0.25) is 0 Å². The van der Waals surface area contributed by atoms with E-state index >= 15 is 0 Å². The highest BCUT2D eigenvalue weighted by Gasteiger charge is 2.20. The predicted molar refractivity (Wildman–Crippen MR) is 149 cm³/mol. The highest BCUT2D eigenvalue weighted by Crippen LogP contribution is 2.35. The highest BCUT2D eigenvalue weighted by atomic mass is 79.9. The minimum absolute atomic E-state index is 0.247. The first kappa shape index (κ1) is 22.0. The monoisotopic (exact) mass is 558 g/mol. The van der Waals surface area contributed by atoms with Gasteiger partial charge in [0.05, 0.1) is 11.6 Å². The Morgan fingerprint density at radius 2 is 1.61 bits per heavy atom. The summed E-state index contributed by atoms with van der Waals surface area (Å²) in [5.74, 6) is 0. The van der Waals surface area contributed by atoms with Gasteiger partial charge in [-0.2, -0.15) is 0 Å². The van der Waals surface area contributed by atoms with E-state index in [2.05, 4.69) is 146 Å². The molecule has 0 radical (unpaired) electrons. The average molecular weight is 560 g/mol. The lowest BCUT2D eigenvalue weighted by atomic mass is 10.0. The van der Waals surface area contributed by atoms with Gasteiger partial charge in [0.25, 0.3) is 0 Å². The Balaban J connectivity index is 1.59. The molecule has 4 heteroatoms.